The van der Waals surface area contributed by atoms with Crippen molar-refractivity contribution in [2.75, 3.05) is 26.7 Å². The van der Waals surface area contributed by atoms with Crippen molar-refractivity contribution >= 4 is 5.97 Å². The molecule has 2 aliphatic carbocycles. The molecule has 7 nitrogen and oxygen atoms in total. The van der Waals surface area contributed by atoms with Crippen molar-refractivity contribution in [3.05, 3.63) is 47.2 Å². The third-order valence-electron chi connectivity index (χ3n) is 8.47. The van der Waals surface area contributed by atoms with Crippen LogP contribution in [0.4, 0.5) is 13.2 Å². The number of fused-ring (bicyclic) bond motifs is 1. The number of carboxylic acid groups (broad SMARTS) is 1. The number of ether oxygens (including phenoxy) is 3. The summed E-state index contributed by atoms with van der Waals surface area (Å²) in [6.07, 6.45) is 3.97. The first-order valence-electron chi connectivity index (χ1n) is 14.2. The van der Waals surface area contributed by atoms with Gasteiger partial charge in [0.25, 0.3) is 0 Å². The SMILES string of the molecule is COc1ccc(C2CCN(CC(F)(F)F)CC2)c(O[C@H]2CC[C@H](Oc3cc4c(cn3)CCC4CC(=O)O)CC2)c1. The Bertz CT molecular complexity index is 1170. The zero-order chi connectivity index (χ0) is 28.3. The molecule has 2 heterocycles. The van der Waals surface area contributed by atoms with Crippen LogP contribution >= 0.6 is 0 Å². The fourth-order valence-corrected chi connectivity index (χ4v) is 6.40. The number of halogens is 3. The number of alkyl halides is 3. The number of benzene rings is 1. The van der Waals surface area contributed by atoms with Gasteiger partial charge in [0.15, 0.2) is 0 Å². The Balaban J connectivity index is 1.17. The summed E-state index contributed by atoms with van der Waals surface area (Å²) in [4.78, 5) is 17.2. The number of aryl methyl sites for hydroxylation is 1. The first-order valence-corrected chi connectivity index (χ1v) is 14.2. The van der Waals surface area contributed by atoms with E-state index in [9.17, 15) is 23.1 Å². The second-order valence-corrected chi connectivity index (χ2v) is 11.3. The van der Waals surface area contributed by atoms with Crippen molar-refractivity contribution in [2.45, 2.75) is 88.0 Å². The Morgan fingerprint density at radius 1 is 1.00 bits per heavy atom. The summed E-state index contributed by atoms with van der Waals surface area (Å²) in [5.74, 6) is 1.35. The molecule has 2 aromatic rings. The van der Waals surface area contributed by atoms with Gasteiger partial charge in [-0.25, -0.2) is 4.98 Å². The van der Waals surface area contributed by atoms with Crippen LogP contribution in [0.2, 0.25) is 0 Å². The molecule has 1 aromatic heterocycles. The minimum absolute atomic E-state index is 0.00366. The summed E-state index contributed by atoms with van der Waals surface area (Å²) in [5.41, 5.74) is 3.18. The summed E-state index contributed by atoms with van der Waals surface area (Å²) < 4.78 is 56.6. The number of rotatable bonds is 9. The molecule has 0 spiro atoms. The van der Waals surface area contributed by atoms with Crippen molar-refractivity contribution in [3.63, 3.8) is 0 Å². The van der Waals surface area contributed by atoms with Gasteiger partial charge in [-0.3, -0.25) is 9.69 Å². The third kappa shape index (κ3) is 7.19. The monoisotopic (exact) mass is 562 g/mol. The lowest BCUT2D eigenvalue weighted by atomic mass is 9.88. The lowest BCUT2D eigenvalue weighted by Gasteiger charge is -2.34. The highest BCUT2D eigenvalue weighted by Gasteiger charge is 2.34. The number of methoxy groups -OCH3 is 1. The van der Waals surface area contributed by atoms with Gasteiger partial charge in [-0.15, -0.1) is 0 Å². The van der Waals surface area contributed by atoms with Crippen molar-refractivity contribution in [1.29, 1.82) is 0 Å². The average Bonchev–Trinajstić information content (AvgIpc) is 3.30. The smallest absolute Gasteiger partial charge is 0.401 e. The third-order valence-corrected chi connectivity index (χ3v) is 8.47. The van der Waals surface area contributed by atoms with Crippen LogP contribution in [0.1, 0.15) is 79.9 Å². The Morgan fingerprint density at radius 3 is 2.35 bits per heavy atom. The highest BCUT2D eigenvalue weighted by atomic mass is 19.4. The maximum atomic E-state index is 12.8. The van der Waals surface area contributed by atoms with Gasteiger partial charge in [-0.1, -0.05) is 6.07 Å². The number of carboxylic acids is 1. The van der Waals surface area contributed by atoms with Crippen LogP contribution in [0, 0.1) is 0 Å². The van der Waals surface area contributed by atoms with Crippen LogP contribution in [0.15, 0.2) is 30.5 Å². The van der Waals surface area contributed by atoms with Gasteiger partial charge in [0, 0.05) is 18.3 Å². The van der Waals surface area contributed by atoms with Gasteiger partial charge in [0.05, 0.1) is 26.2 Å². The number of hydrogen-bond acceptors (Lipinski definition) is 6. The lowest BCUT2D eigenvalue weighted by molar-refractivity contribution is -0.148. The zero-order valence-corrected chi connectivity index (χ0v) is 22.8. The van der Waals surface area contributed by atoms with Crippen LogP contribution in [0.5, 0.6) is 17.4 Å². The minimum Gasteiger partial charge on any atom is -0.497 e. The minimum atomic E-state index is -4.18. The maximum Gasteiger partial charge on any atom is 0.401 e. The topological polar surface area (TPSA) is 81.1 Å². The van der Waals surface area contributed by atoms with E-state index in [1.165, 1.54) is 4.90 Å². The van der Waals surface area contributed by atoms with Crippen LogP contribution in [-0.2, 0) is 11.2 Å². The molecule has 1 saturated heterocycles. The highest BCUT2D eigenvalue weighted by molar-refractivity contribution is 5.68. The van der Waals surface area contributed by atoms with Crippen molar-refractivity contribution in [3.8, 4) is 17.4 Å². The van der Waals surface area contributed by atoms with E-state index >= 15 is 0 Å². The number of hydrogen-bond donors (Lipinski definition) is 1. The summed E-state index contributed by atoms with van der Waals surface area (Å²) in [6.45, 7) is -0.0430. The van der Waals surface area contributed by atoms with Gasteiger partial charge in [-0.05, 0) is 99.0 Å². The summed E-state index contributed by atoms with van der Waals surface area (Å²) >= 11 is 0. The molecule has 1 saturated carbocycles. The van der Waals surface area contributed by atoms with Crippen LogP contribution in [-0.4, -0.2) is 66.1 Å². The summed E-state index contributed by atoms with van der Waals surface area (Å²) in [6, 6.07) is 7.69. The highest BCUT2D eigenvalue weighted by Crippen LogP contribution is 2.40. The molecular weight excluding hydrogens is 525 g/mol. The molecule has 2 fully saturated rings. The van der Waals surface area contributed by atoms with E-state index < -0.39 is 18.7 Å². The maximum absolute atomic E-state index is 12.8. The van der Waals surface area contributed by atoms with Crippen molar-refractivity contribution < 1.29 is 37.3 Å². The molecule has 40 heavy (non-hydrogen) atoms. The van der Waals surface area contributed by atoms with Gasteiger partial charge >= 0.3 is 12.1 Å². The molecule has 1 N–H and O–H groups in total. The Kier molecular flexibility index (Phi) is 8.73. The quantitative estimate of drug-likeness (QED) is 0.395. The zero-order valence-electron chi connectivity index (χ0n) is 22.8. The van der Waals surface area contributed by atoms with Crippen LogP contribution < -0.4 is 14.2 Å². The van der Waals surface area contributed by atoms with E-state index in [1.807, 2.05) is 30.5 Å². The number of carbonyl (C=O) groups is 1. The largest absolute Gasteiger partial charge is 0.497 e. The molecular formula is C30H37F3N2O5. The standard InChI is InChI=1S/C30H37F3N2O5/c1-38-24-8-9-25(19-10-12-35(13-11-19)18-30(31,32)33)27(15-24)39-22-4-6-23(7-5-22)40-28-16-26-20(14-29(36)37)2-3-21(26)17-34-28/h8-9,15-17,19-20,22-23H,2-7,10-14,18H2,1H3,(H,36,37)/t20?,22-,23-. The summed E-state index contributed by atoms with van der Waals surface area (Å²) in [5, 5.41) is 9.22. The predicted molar refractivity (Wildman–Crippen MR) is 142 cm³/mol. The molecule has 1 aromatic carbocycles. The molecule has 1 atom stereocenters. The van der Waals surface area contributed by atoms with E-state index in [-0.39, 0.29) is 30.5 Å². The second kappa shape index (κ2) is 12.2. The van der Waals surface area contributed by atoms with Crippen molar-refractivity contribution in [1.82, 2.24) is 9.88 Å². The second-order valence-electron chi connectivity index (χ2n) is 11.3. The number of pyridine rings is 1. The average molecular weight is 563 g/mol. The van der Waals surface area contributed by atoms with E-state index in [0.29, 0.717) is 37.6 Å². The van der Waals surface area contributed by atoms with E-state index in [2.05, 4.69) is 4.98 Å². The van der Waals surface area contributed by atoms with Gasteiger partial charge in [0.1, 0.15) is 17.6 Å². The molecule has 218 valence electrons. The first kappa shape index (κ1) is 28.5. The van der Waals surface area contributed by atoms with Gasteiger partial charge < -0.3 is 19.3 Å². The van der Waals surface area contributed by atoms with E-state index in [0.717, 1.165) is 61.0 Å². The Hall–Kier alpha value is -3.01. The Morgan fingerprint density at radius 2 is 1.70 bits per heavy atom. The predicted octanol–water partition coefficient (Wildman–Crippen LogP) is 6.11. The van der Waals surface area contributed by atoms with Gasteiger partial charge in [-0.2, -0.15) is 13.2 Å². The molecule has 1 aliphatic heterocycles. The molecule has 0 bridgehead atoms. The molecule has 0 amide bonds. The lowest BCUT2D eigenvalue weighted by Crippen LogP contribution is -2.39. The van der Waals surface area contributed by atoms with Crippen LogP contribution in [0.3, 0.4) is 0 Å². The number of aromatic nitrogens is 1. The van der Waals surface area contributed by atoms with Crippen molar-refractivity contribution in [2.24, 2.45) is 0 Å². The number of likely N-dealkylation sites (tertiary alicyclic amines) is 1. The van der Waals surface area contributed by atoms with E-state index in [1.54, 1.807) is 7.11 Å². The molecule has 1 unspecified atom stereocenters. The van der Waals surface area contributed by atoms with E-state index in [4.69, 9.17) is 14.2 Å². The molecule has 0 radical (unpaired) electrons. The fourth-order valence-electron chi connectivity index (χ4n) is 6.40. The number of aliphatic carboxylic acids is 1. The molecule has 10 heteroatoms. The van der Waals surface area contributed by atoms with Crippen LogP contribution in [0.25, 0.3) is 0 Å². The number of nitrogens with zero attached hydrogens (tertiary/aromatic N) is 2. The fraction of sp³-hybridized carbons (Fsp3) is 0.600. The molecule has 3 aliphatic rings. The summed E-state index contributed by atoms with van der Waals surface area (Å²) in [7, 11) is 1.60. The Labute approximate surface area is 232 Å². The normalized spacial score (nSPS) is 23.9. The first-order chi connectivity index (χ1) is 19.2. The van der Waals surface area contributed by atoms with Gasteiger partial charge in [0.2, 0.25) is 5.88 Å². The number of piperidine rings is 1. The molecule has 5 rings (SSSR count).